The standard InChI is InChI=1S/C10H5BrN4O2S/c11-7-2-1-5(17-7)3-6-8(12)15-10(14-9(6)16)18-4-13-15/h1-4,12H/b6-3-,12-8?. The van der Waals surface area contributed by atoms with Crippen LogP contribution in [0.2, 0.25) is 0 Å². The van der Waals surface area contributed by atoms with Crippen LogP contribution in [0.3, 0.4) is 0 Å². The van der Waals surface area contributed by atoms with Crippen LogP contribution in [0.1, 0.15) is 5.76 Å². The van der Waals surface area contributed by atoms with E-state index in [2.05, 4.69) is 26.0 Å². The Hall–Kier alpha value is -1.67. The van der Waals surface area contributed by atoms with Crippen LogP contribution in [-0.4, -0.2) is 27.5 Å². The molecular weight excluding hydrogens is 320 g/mol. The topological polar surface area (TPSA) is 82.0 Å². The van der Waals surface area contributed by atoms with E-state index >= 15 is 0 Å². The normalized spacial score (nSPS) is 20.6. The maximum Gasteiger partial charge on any atom is 0.283 e. The number of nitrogens with one attached hydrogen (secondary N) is 1. The van der Waals surface area contributed by atoms with Crippen molar-refractivity contribution in [3.8, 4) is 0 Å². The van der Waals surface area contributed by atoms with Crippen LogP contribution >= 0.6 is 27.7 Å². The molecule has 2 aliphatic heterocycles. The number of hydrazone groups is 1. The highest BCUT2D eigenvalue weighted by Crippen LogP contribution is 2.25. The fraction of sp³-hybridized carbons (Fsp3) is 0. The van der Waals surface area contributed by atoms with Gasteiger partial charge in [0.2, 0.25) is 0 Å². The second-order valence-electron chi connectivity index (χ2n) is 3.40. The number of carbonyl (C=O) groups is 1. The monoisotopic (exact) mass is 324 g/mol. The van der Waals surface area contributed by atoms with Crippen molar-refractivity contribution in [2.75, 3.05) is 0 Å². The lowest BCUT2D eigenvalue weighted by atomic mass is 10.1. The van der Waals surface area contributed by atoms with E-state index < -0.39 is 5.91 Å². The molecule has 0 aromatic carbocycles. The smallest absolute Gasteiger partial charge is 0.283 e. The van der Waals surface area contributed by atoms with Gasteiger partial charge in [0.15, 0.2) is 15.7 Å². The molecule has 0 saturated heterocycles. The van der Waals surface area contributed by atoms with Crippen LogP contribution < -0.4 is 0 Å². The van der Waals surface area contributed by atoms with Crippen molar-refractivity contribution in [1.82, 2.24) is 5.01 Å². The summed E-state index contributed by atoms with van der Waals surface area (Å²) in [5.41, 5.74) is 1.69. The van der Waals surface area contributed by atoms with Gasteiger partial charge in [-0.25, -0.2) is 0 Å². The number of amides is 1. The number of thioether (sulfide) groups is 1. The molecule has 0 aliphatic carbocycles. The summed E-state index contributed by atoms with van der Waals surface area (Å²) in [6.45, 7) is 0. The van der Waals surface area contributed by atoms with Gasteiger partial charge in [-0.05, 0) is 45.9 Å². The first-order chi connectivity index (χ1) is 8.65. The first-order valence-electron chi connectivity index (χ1n) is 4.83. The summed E-state index contributed by atoms with van der Waals surface area (Å²) in [5, 5.41) is 13.6. The predicted molar refractivity (Wildman–Crippen MR) is 72.5 cm³/mol. The molecule has 0 atom stereocenters. The minimum atomic E-state index is -0.461. The Balaban J connectivity index is 2.02. The lowest BCUT2D eigenvalue weighted by molar-refractivity contribution is -0.114. The molecule has 1 amide bonds. The maximum atomic E-state index is 11.8. The van der Waals surface area contributed by atoms with Crippen molar-refractivity contribution >= 4 is 56.2 Å². The summed E-state index contributed by atoms with van der Waals surface area (Å²) in [5.74, 6) is 0.0139. The Labute approximate surface area is 114 Å². The van der Waals surface area contributed by atoms with Gasteiger partial charge in [-0.1, -0.05) is 0 Å². The molecule has 0 bridgehead atoms. The molecule has 0 unspecified atom stereocenters. The molecule has 6 nitrogen and oxygen atoms in total. The van der Waals surface area contributed by atoms with Crippen molar-refractivity contribution in [1.29, 1.82) is 5.41 Å². The SMILES string of the molecule is N=C1/C(=C/c2ccc(Br)o2)C(=O)N=C2SC=NN12. The lowest BCUT2D eigenvalue weighted by Gasteiger charge is -2.19. The molecule has 0 fully saturated rings. The highest BCUT2D eigenvalue weighted by Gasteiger charge is 2.32. The minimum Gasteiger partial charge on any atom is -0.450 e. The van der Waals surface area contributed by atoms with Crippen molar-refractivity contribution in [2.24, 2.45) is 10.1 Å². The molecule has 0 radical (unpaired) electrons. The molecule has 1 aromatic rings. The van der Waals surface area contributed by atoms with Gasteiger partial charge in [0.05, 0.1) is 11.1 Å². The van der Waals surface area contributed by atoms with Crippen LogP contribution in [0.15, 0.2) is 36.9 Å². The number of carbonyl (C=O) groups excluding carboxylic acids is 1. The van der Waals surface area contributed by atoms with Gasteiger partial charge in [0, 0.05) is 0 Å². The van der Waals surface area contributed by atoms with Gasteiger partial charge in [-0.15, -0.1) is 0 Å². The zero-order valence-corrected chi connectivity index (χ0v) is 11.2. The minimum absolute atomic E-state index is 0.00114. The highest BCUT2D eigenvalue weighted by molar-refractivity contribution is 9.10. The highest BCUT2D eigenvalue weighted by atomic mass is 79.9. The number of hydrogen-bond acceptors (Lipinski definition) is 5. The number of furan rings is 1. The molecule has 3 rings (SSSR count). The Kier molecular flexibility index (Phi) is 2.67. The van der Waals surface area contributed by atoms with Crippen molar-refractivity contribution < 1.29 is 9.21 Å². The largest absolute Gasteiger partial charge is 0.450 e. The maximum absolute atomic E-state index is 11.8. The van der Waals surface area contributed by atoms with Crippen molar-refractivity contribution in [2.45, 2.75) is 0 Å². The summed E-state index contributed by atoms with van der Waals surface area (Å²) in [7, 11) is 0. The number of fused-ring (bicyclic) bond motifs is 1. The molecule has 8 heteroatoms. The number of nitrogens with zero attached hydrogens (tertiary/aromatic N) is 3. The van der Waals surface area contributed by atoms with Gasteiger partial charge in [0.25, 0.3) is 5.91 Å². The van der Waals surface area contributed by atoms with E-state index in [-0.39, 0.29) is 11.4 Å². The molecule has 2 aliphatic rings. The average molecular weight is 325 g/mol. The molecule has 90 valence electrons. The van der Waals surface area contributed by atoms with Crippen LogP contribution in [0.25, 0.3) is 6.08 Å². The fourth-order valence-corrected chi connectivity index (χ4v) is 2.41. The molecule has 0 saturated carbocycles. The van der Waals surface area contributed by atoms with Crippen LogP contribution in [0.4, 0.5) is 0 Å². The first kappa shape index (κ1) is 11.4. The quantitative estimate of drug-likeness (QED) is 0.803. The first-order valence-corrected chi connectivity index (χ1v) is 6.50. The zero-order valence-electron chi connectivity index (χ0n) is 8.75. The predicted octanol–water partition coefficient (Wildman–Crippen LogP) is 2.29. The summed E-state index contributed by atoms with van der Waals surface area (Å²) in [6.07, 6.45) is 1.48. The number of aliphatic imine (C=N–C) groups is 1. The molecule has 1 aromatic heterocycles. The molecule has 3 heterocycles. The van der Waals surface area contributed by atoms with Crippen molar-refractivity contribution in [3.05, 3.63) is 28.1 Å². The Morgan fingerprint density at radius 3 is 3.06 bits per heavy atom. The zero-order chi connectivity index (χ0) is 12.7. The number of halogens is 1. The fourth-order valence-electron chi connectivity index (χ4n) is 1.48. The van der Waals surface area contributed by atoms with E-state index in [1.54, 1.807) is 12.1 Å². The lowest BCUT2D eigenvalue weighted by Crippen LogP contribution is -2.35. The van der Waals surface area contributed by atoms with E-state index in [1.165, 1.54) is 28.4 Å². The third-order valence-corrected chi connectivity index (χ3v) is 3.38. The van der Waals surface area contributed by atoms with Crippen LogP contribution in [0.5, 0.6) is 0 Å². The van der Waals surface area contributed by atoms with Gasteiger partial charge in [0.1, 0.15) is 5.76 Å². The van der Waals surface area contributed by atoms with E-state index in [1.807, 2.05) is 0 Å². The summed E-state index contributed by atoms with van der Waals surface area (Å²) in [6, 6.07) is 3.40. The number of amidine groups is 2. The van der Waals surface area contributed by atoms with Gasteiger partial charge < -0.3 is 4.42 Å². The van der Waals surface area contributed by atoms with E-state index in [0.29, 0.717) is 15.6 Å². The van der Waals surface area contributed by atoms with Gasteiger partial charge in [-0.3, -0.25) is 10.2 Å². The van der Waals surface area contributed by atoms with E-state index in [9.17, 15) is 4.79 Å². The third kappa shape index (κ3) is 1.83. The molecule has 0 spiro atoms. The Morgan fingerprint density at radius 2 is 2.33 bits per heavy atom. The molecule has 18 heavy (non-hydrogen) atoms. The van der Waals surface area contributed by atoms with E-state index in [0.717, 1.165) is 0 Å². The van der Waals surface area contributed by atoms with Crippen LogP contribution in [0, 0.1) is 5.41 Å². The van der Waals surface area contributed by atoms with Crippen molar-refractivity contribution in [3.63, 3.8) is 0 Å². The Bertz CT molecular complexity index is 646. The molecular formula is C10H5BrN4O2S. The van der Waals surface area contributed by atoms with E-state index in [4.69, 9.17) is 9.83 Å². The van der Waals surface area contributed by atoms with Gasteiger partial charge >= 0.3 is 0 Å². The van der Waals surface area contributed by atoms with Crippen LogP contribution in [-0.2, 0) is 4.79 Å². The Morgan fingerprint density at radius 1 is 1.50 bits per heavy atom. The third-order valence-electron chi connectivity index (χ3n) is 2.28. The number of rotatable bonds is 1. The summed E-state index contributed by atoms with van der Waals surface area (Å²) >= 11 is 4.38. The van der Waals surface area contributed by atoms with Gasteiger partial charge in [-0.2, -0.15) is 15.1 Å². The summed E-state index contributed by atoms with van der Waals surface area (Å²) in [4.78, 5) is 15.7. The second kappa shape index (κ2) is 4.21. The average Bonchev–Trinajstić information content (AvgIpc) is 2.93. The second-order valence-corrected chi connectivity index (χ2v) is 4.99. The molecule has 1 N–H and O–H groups in total. The summed E-state index contributed by atoms with van der Waals surface area (Å²) < 4.78 is 5.83. The number of hydrogen-bond donors (Lipinski definition) is 1.